The van der Waals surface area contributed by atoms with Gasteiger partial charge < -0.3 is 4.74 Å². The van der Waals surface area contributed by atoms with E-state index in [2.05, 4.69) is 0 Å². The van der Waals surface area contributed by atoms with Crippen LogP contribution in [-0.2, 0) is 11.2 Å². The number of ether oxygens (including phenoxy) is 1. The van der Waals surface area contributed by atoms with Crippen LogP contribution in [0.5, 0.6) is 5.75 Å². The summed E-state index contributed by atoms with van der Waals surface area (Å²) in [6, 6.07) is 5.41. The SMILES string of the molecule is CC.CC(=O)C1=COc2ccc(Cl)cc2C1. The van der Waals surface area contributed by atoms with Gasteiger partial charge in [-0.05, 0) is 25.1 Å². The zero-order valence-electron chi connectivity index (χ0n) is 9.71. The third-order valence-electron chi connectivity index (χ3n) is 2.18. The molecule has 1 aromatic rings. The predicted molar refractivity (Wildman–Crippen MR) is 65.9 cm³/mol. The normalized spacial score (nSPS) is 12.6. The molecular weight excluding hydrogens is 224 g/mol. The van der Waals surface area contributed by atoms with E-state index < -0.39 is 0 Å². The van der Waals surface area contributed by atoms with Gasteiger partial charge >= 0.3 is 0 Å². The lowest BCUT2D eigenvalue weighted by Crippen LogP contribution is -2.08. The van der Waals surface area contributed by atoms with Gasteiger partial charge in [-0.25, -0.2) is 0 Å². The summed E-state index contributed by atoms with van der Waals surface area (Å²) in [6.45, 7) is 5.53. The van der Waals surface area contributed by atoms with Gasteiger partial charge in [-0.3, -0.25) is 4.79 Å². The molecule has 0 radical (unpaired) electrons. The Morgan fingerprint density at radius 2 is 2.06 bits per heavy atom. The van der Waals surface area contributed by atoms with Gasteiger partial charge in [0.15, 0.2) is 5.78 Å². The molecule has 0 amide bonds. The molecule has 0 aliphatic carbocycles. The lowest BCUT2D eigenvalue weighted by atomic mass is 10.0. The summed E-state index contributed by atoms with van der Waals surface area (Å²) in [6.07, 6.45) is 2.11. The highest BCUT2D eigenvalue weighted by atomic mass is 35.5. The summed E-state index contributed by atoms with van der Waals surface area (Å²) >= 11 is 5.84. The molecule has 1 aliphatic heterocycles. The van der Waals surface area contributed by atoms with Gasteiger partial charge in [-0.1, -0.05) is 25.4 Å². The van der Waals surface area contributed by atoms with Crippen molar-refractivity contribution in [3.05, 3.63) is 40.6 Å². The number of fused-ring (bicyclic) bond motifs is 1. The van der Waals surface area contributed by atoms with Crippen LogP contribution in [0.15, 0.2) is 30.0 Å². The van der Waals surface area contributed by atoms with Crippen molar-refractivity contribution in [2.45, 2.75) is 27.2 Å². The third-order valence-corrected chi connectivity index (χ3v) is 2.42. The molecule has 86 valence electrons. The Labute approximate surface area is 101 Å². The first-order chi connectivity index (χ1) is 7.66. The highest BCUT2D eigenvalue weighted by Gasteiger charge is 2.15. The van der Waals surface area contributed by atoms with Gasteiger partial charge in [-0.2, -0.15) is 0 Å². The summed E-state index contributed by atoms with van der Waals surface area (Å²) in [5, 5.41) is 0.664. The van der Waals surface area contributed by atoms with E-state index in [-0.39, 0.29) is 5.78 Å². The molecule has 0 saturated heterocycles. The standard InChI is InChI=1S/C11H9ClO2.C2H6/c1-7(13)9-4-8-5-10(12)2-3-11(8)14-6-9;1-2/h2-3,5-6H,4H2,1H3;1-2H3. The molecular formula is C13H15ClO2. The third kappa shape index (κ3) is 2.86. The Morgan fingerprint density at radius 1 is 1.38 bits per heavy atom. The van der Waals surface area contributed by atoms with Crippen LogP contribution in [0.1, 0.15) is 26.3 Å². The largest absolute Gasteiger partial charge is 0.464 e. The maximum atomic E-state index is 11.1. The molecule has 2 rings (SSSR count). The van der Waals surface area contributed by atoms with Gasteiger partial charge in [0.25, 0.3) is 0 Å². The number of rotatable bonds is 1. The average molecular weight is 239 g/mol. The van der Waals surface area contributed by atoms with Gasteiger partial charge in [0, 0.05) is 22.6 Å². The number of hydrogen-bond donors (Lipinski definition) is 0. The summed E-state index contributed by atoms with van der Waals surface area (Å²) in [7, 11) is 0. The first kappa shape index (κ1) is 12.8. The fraction of sp³-hybridized carbons (Fsp3) is 0.308. The molecule has 0 saturated carbocycles. The zero-order chi connectivity index (χ0) is 12.1. The summed E-state index contributed by atoms with van der Waals surface area (Å²) in [5.74, 6) is 0.815. The smallest absolute Gasteiger partial charge is 0.159 e. The lowest BCUT2D eigenvalue weighted by Gasteiger charge is -2.15. The molecule has 0 N–H and O–H groups in total. The first-order valence-electron chi connectivity index (χ1n) is 5.32. The second-order valence-electron chi connectivity index (χ2n) is 3.25. The number of halogens is 1. The van der Waals surface area contributed by atoms with Crippen molar-refractivity contribution in [2.24, 2.45) is 0 Å². The summed E-state index contributed by atoms with van der Waals surface area (Å²) in [4.78, 5) is 11.1. The minimum absolute atomic E-state index is 0.0376. The van der Waals surface area contributed by atoms with Gasteiger partial charge in [-0.15, -0.1) is 0 Å². The minimum atomic E-state index is 0.0376. The molecule has 1 aromatic carbocycles. The zero-order valence-corrected chi connectivity index (χ0v) is 10.5. The molecule has 0 unspecified atom stereocenters. The maximum absolute atomic E-state index is 11.1. The maximum Gasteiger partial charge on any atom is 0.159 e. The van der Waals surface area contributed by atoms with E-state index in [1.54, 1.807) is 6.07 Å². The molecule has 1 aliphatic rings. The highest BCUT2D eigenvalue weighted by Crippen LogP contribution is 2.29. The Hall–Kier alpha value is -1.28. The molecule has 0 aromatic heterocycles. The van der Waals surface area contributed by atoms with Crippen molar-refractivity contribution < 1.29 is 9.53 Å². The van der Waals surface area contributed by atoms with E-state index in [0.29, 0.717) is 17.0 Å². The van der Waals surface area contributed by atoms with Gasteiger partial charge in [0.05, 0.1) is 6.26 Å². The van der Waals surface area contributed by atoms with E-state index in [1.807, 2.05) is 26.0 Å². The Kier molecular flexibility index (Phi) is 4.56. The molecule has 16 heavy (non-hydrogen) atoms. The Morgan fingerprint density at radius 3 is 2.69 bits per heavy atom. The van der Waals surface area contributed by atoms with Crippen LogP contribution in [-0.4, -0.2) is 5.78 Å². The molecule has 0 bridgehead atoms. The molecule has 1 heterocycles. The van der Waals surface area contributed by atoms with Crippen LogP contribution in [0.3, 0.4) is 0 Å². The molecule has 0 fully saturated rings. The minimum Gasteiger partial charge on any atom is -0.464 e. The second kappa shape index (κ2) is 5.71. The average Bonchev–Trinajstić information content (AvgIpc) is 2.30. The Bertz CT molecular complexity index is 422. The van der Waals surface area contributed by atoms with Crippen molar-refractivity contribution in [3.8, 4) is 5.75 Å². The highest BCUT2D eigenvalue weighted by molar-refractivity contribution is 6.30. The lowest BCUT2D eigenvalue weighted by molar-refractivity contribution is -0.113. The van der Waals surface area contributed by atoms with Crippen molar-refractivity contribution in [2.75, 3.05) is 0 Å². The quantitative estimate of drug-likeness (QED) is 0.744. The van der Waals surface area contributed by atoms with Crippen molar-refractivity contribution >= 4 is 17.4 Å². The van der Waals surface area contributed by atoms with Gasteiger partial charge in [0.1, 0.15) is 5.75 Å². The number of allylic oxidation sites excluding steroid dienone is 1. The number of hydrogen-bond acceptors (Lipinski definition) is 2. The van der Waals surface area contributed by atoms with E-state index >= 15 is 0 Å². The van der Waals surface area contributed by atoms with Crippen molar-refractivity contribution in [3.63, 3.8) is 0 Å². The Balaban J connectivity index is 0.000000606. The summed E-state index contributed by atoms with van der Waals surface area (Å²) in [5.41, 5.74) is 1.64. The number of ketones is 1. The van der Waals surface area contributed by atoms with Gasteiger partial charge in [0.2, 0.25) is 0 Å². The van der Waals surface area contributed by atoms with E-state index in [0.717, 1.165) is 11.3 Å². The van der Waals surface area contributed by atoms with Crippen LogP contribution in [0.2, 0.25) is 5.02 Å². The molecule has 0 spiro atoms. The monoisotopic (exact) mass is 238 g/mol. The fourth-order valence-corrected chi connectivity index (χ4v) is 1.58. The molecule has 0 atom stereocenters. The van der Waals surface area contributed by atoms with Crippen LogP contribution >= 0.6 is 11.6 Å². The number of Topliss-reactive ketones (excluding diaryl/α,β-unsaturated/α-hetero) is 1. The van der Waals surface area contributed by atoms with Crippen LogP contribution < -0.4 is 4.74 Å². The second-order valence-corrected chi connectivity index (χ2v) is 3.68. The van der Waals surface area contributed by atoms with Crippen molar-refractivity contribution in [1.29, 1.82) is 0 Å². The number of benzene rings is 1. The first-order valence-corrected chi connectivity index (χ1v) is 5.69. The summed E-state index contributed by atoms with van der Waals surface area (Å²) < 4.78 is 5.31. The van der Waals surface area contributed by atoms with E-state index in [1.165, 1.54) is 13.2 Å². The van der Waals surface area contributed by atoms with Crippen LogP contribution in [0.4, 0.5) is 0 Å². The van der Waals surface area contributed by atoms with E-state index in [9.17, 15) is 4.79 Å². The molecule has 2 nitrogen and oxygen atoms in total. The number of carbonyl (C=O) groups is 1. The number of carbonyl (C=O) groups excluding carboxylic acids is 1. The topological polar surface area (TPSA) is 26.3 Å². The molecule has 3 heteroatoms. The van der Waals surface area contributed by atoms with Crippen LogP contribution in [0, 0.1) is 0 Å². The fourth-order valence-electron chi connectivity index (χ4n) is 1.39. The van der Waals surface area contributed by atoms with Crippen molar-refractivity contribution in [1.82, 2.24) is 0 Å². The van der Waals surface area contributed by atoms with Crippen LogP contribution in [0.25, 0.3) is 0 Å². The van der Waals surface area contributed by atoms with E-state index in [4.69, 9.17) is 16.3 Å². The predicted octanol–water partition coefficient (Wildman–Crippen LogP) is 3.77.